The van der Waals surface area contributed by atoms with E-state index >= 15 is 0 Å². The van der Waals surface area contributed by atoms with Crippen molar-refractivity contribution >= 4 is 40.7 Å². The lowest BCUT2D eigenvalue weighted by Gasteiger charge is -2.35. The summed E-state index contributed by atoms with van der Waals surface area (Å²) in [4.78, 5) is 57.5. The highest BCUT2D eigenvalue weighted by Crippen LogP contribution is 2.40. The number of aliphatic carboxylic acids is 1. The van der Waals surface area contributed by atoms with Crippen LogP contribution >= 0.6 is 11.3 Å². The molecule has 2 aliphatic rings. The molecule has 10 nitrogen and oxygen atoms in total. The number of halogens is 1. The molecule has 4 N–H and O–H groups in total. The third kappa shape index (κ3) is 6.39. The number of hydrogen-bond donors (Lipinski definition) is 4. The Morgan fingerprint density at radius 2 is 1.85 bits per heavy atom. The highest BCUT2D eigenvalue weighted by atomic mass is 32.1. The van der Waals surface area contributed by atoms with Crippen molar-refractivity contribution in [1.29, 1.82) is 0 Å². The van der Waals surface area contributed by atoms with Gasteiger partial charge in [0.2, 0.25) is 11.8 Å². The monoisotopic (exact) mass is 572 g/mol. The highest BCUT2D eigenvalue weighted by molar-refractivity contribution is 7.13. The van der Waals surface area contributed by atoms with Crippen LogP contribution in [-0.4, -0.2) is 74.2 Å². The average Bonchev–Trinajstić information content (AvgIpc) is 3.28. The topological polar surface area (TPSA) is 149 Å². The first kappa shape index (κ1) is 29.3. The van der Waals surface area contributed by atoms with Gasteiger partial charge in [0.1, 0.15) is 12.1 Å². The fourth-order valence-electron chi connectivity index (χ4n) is 4.63. The molecule has 1 saturated heterocycles. The molecule has 0 spiro atoms. The molecule has 0 unspecified atom stereocenters. The number of aliphatic hydroxyl groups is 1. The molecule has 3 amide bonds. The van der Waals surface area contributed by atoms with Crippen molar-refractivity contribution in [2.24, 2.45) is 5.41 Å². The number of rotatable bonds is 8. The van der Waals surface area contributed by atoms with Crippen molar-refractivity contribution in [3.63, 3.8) is 0 Å². The number of aromatic nitrogens is 1. The maximum Gasteiger partial charge on any atom is 0.330 e. The average molecular weight is 573 g/mol. The Morgan fingerprint density at radius 1 is 1.20 bits per heavy atom. The molecular formula is C28H33FN4O6S. The Labute approximate surface area is 235 Å². The first-order valence-electron chi connectivity index (χ1n) is 12.9. The maximum atomic E-state index is 14.4. The second-order valence-corrected chi connectivity index (χ2v) is 12.2. The first-order chi connectivity index (χ1) is 18.7. The summed E-state index contributed by atoms with van der Waals surface area (Å²) in [6.45, 7) is 6.85. The number of carboxylic acids is 1. The lowest BCUT2D eigenvalue weighted by atomic mass is 9.85. The second-order valence-electron chi connectivity index (χ2n) is 11.4. The number of hydrogen-bond acceptors (Lipinski definition) is 7. The summed E-state index contributed by atoms with van der Waals surface area (Å²) < 4.78 is 14.4. The van der Waals surface area contributed by atoms with Crippen LogP contribution in [0.5, 0.6) is 0 Å². The number of carbonyl (C=O) groups excluding carboxylic acids is 3. The van der Waals surface area contributed by atoms with Gasteiger partial charge in [-0.15, -0.1) is 11.3 Å². The number of amides is 3. The molecule has 1 aromatic carbocycles. The number of nitrogens with one attached hydrogen (secondary N) is 2. The third-order valence-electron chi connectivity index (χ3n) is 7.08. The molecule has 40 heavy (non-hydrogen) atoms. The normalized spacial score (nSPS) is 21.1. The van der Waals surface area contributed by atoms with Crippen LogP contribution in [-0.2, 0) is 19.2 Å². The minimum Gasteiger partial charge on any atom is -0.478 e. The lowest BCUT2D eigenvalue weighted by Crippen LogP contribution is -2.58. The standard InChI is InChI=1S/C28H33FN4O6S/c1-15-22(40-14-30-15)17-7-5-16(6-8-17)19(12-21(35)36)31-24(37)20-11-18(34)13-33(20)25(38)23(27(2,3)4)32-26(39)28(29)9-10-28/h5-8,12,14,18,20,23,34H,9-11,13H2,1-4H3,(H,31,37)(H,32,39)(H,35,36)/b19-12+/t18-,20+,23-/m1/s1. The maximum absolute atomic E-state index is 14.4. The van der Waals surface area contributed by atoms with Crippen LogP contribution < -0.4 is 10.6 Å². The fourth-order valence-corrected chi connectivity index (χ4v) is 5.44. The predicted octanol–water partition coefficient (Wildman–Crippen LogP) is 2.66. The molecule has 1 aliphatic carbocycles. The van der Waals surface area contributed by atoms with E-state index < -0.39 is 53.0 Å². The van der Waals surface area contributed by atoms with E-state index in [1.807, 2.05) is 6.92 Å². The van der Waals surface area contributed by atoms with Gasteiger partial charge in [-0.2, -0.15) is 0 Å². The van der Waals surface area contributed by atoms with Gasteiger partial charge < -0.3 is 25.7 Å². The van der Waals surface area contributed by atoms with Gasteiger partial charge in [-0.05, 0) is 36.3 Å². The Kier molecular flexibility index (Phi) is 8.13. The molecular weight excluding hydrogens is 539 g/mol. The van der Waals surface area contributed by atoms with E-state index in [9.17, 15) is 33.8 Å². The van der Waals surface area contributed by atoms with Crippen LogP contribution in [0, 0.1) is 12.3 Å². The molecule has 3 atom stereocenters. The van der Waals surface area contributed by atoms with Gasteiger partial charge in [-0.1, -0.05) is 45.0 Å². The number of aryl methyl sites for hydroxylation is 1. The molecule has 214 valence electrons. The molecule has 4 rings (SSSR count). The first-order valence-corrected chi connectivity index (χ1v) is 13.8. The minimum atomic E-state index is -1.99. The SMILES string of the molecule is Cc1ncsc1-c1ccc(/C(=C\C(=O)O)NC(=O)[C@@H]2C[C@@H](O)CN2C(=O)[C@@H](NC(=O)C2(F)CC2)C(C)(C)C)cc1. The van der Waals surface area contributed by atoms with E-state index in [1.54, 1.807) is 50.5 Å². The largest absolute Gasteiger partial charge is 0.478 e. The van der Waals surface area contributed by atoms with E-state index in [-0.39, 0.29) is 31.5 Å². The number of alkyl halides is 1. The van der Waals surface area contributed by atoms with Crippen LogP contribution in [0.3, 0.4) is 0 Å². The van der Waals surface area contributed by atoms with E-state index in [4.69, 9.17) is 0 Å². The van der Waals surface area contributed by atoms with Gasteiger partial charge in [-0.3, -0.25) is 14.4 Å². The van der Waals surface area contributed by atoms with Crippen molar-refractivity contribution in [3.05, 3.63) is 47.1 Å². The van der Waals surface area contributed by atoms with Crippen molar-refractivity contribution in [1.82, 2.24) is 20.5 Å². The van der Waals surface area contributed by atoms with Crippen molar-refractivity contribution in [3.8, 4) is 10.4 Å². The molecule has 1 saturated carbocycles. The van der Waals surface area contributed by atoms with Crippen LogP contribution in [0.4, 0.5) is 4.39 Å². The summed E-state index contributed by atoms with van der Waals surface area (Å²) in [6, 6.07) is 4.64. The zero-order chi connectivity index (χ0) is 29.4. The van der Waals surface area contributed by atoms with Gasteiger partial charge in [0, 0.05) is 19.0 Å². The Hall–Kier alpha value is -3.64. The summed E-state index contributed by atoms with van der Waals surface area (Å²) in [5.74, 6) is -3.48. The second kappa shape index (κ2) is 11.1. The van der Waals surface area contributed by atoms with E-state index in [1.165, 1.54) is 16.2 Å². The number of nitrogens with zero attached hydrogens (tertiary/aromatic N) is 2. The van der Waals surface area contributed by atoms with Gasteiger partial charge in [0.15, 0.2) is 5.67 Å². The van der Waals surface area contributed by atoms with Gasteiger partial charge in [0.25, 0.3) is 5.91 Å². The molecule has 2 heterocycles. The summed E-state index contributed by atoms with van der Waals surface area (Å²) in [7, 11) is 0. The predicted molar refractivity (Wildman–Crippen MR) is 147 cm³/mol. The molecule has 0 radical (unpaired) electrons. The summed E-state index contributed by atoms with van der Waals surface area (Å²) >= 11 is 1.47. The smallest absolute Gasteiger partial charge is 0.330 e. The molecule has 1 aromatic heterocycles. The third-order valence-corrected chi connectivity index (χ3v) is 8.06. The van der Waals surface area contributed by atoms with Crippen LogP contribution in [0.25, 0.3) is 16.1 Å². The number of aliphatic hydroxyl groups excluding tert-OH is 1. The molecule has 12 heteroatoms. The molecule has 2 fully saturated rings. The van der Waals surface area contributed by atoms with Crippen molar-refractivity contribution < 1.29 is 33.8 Å². The number of carbonyl (C=O) groups is 4. The molecule has 1 aliphatic heterocycles. The zero-order valence-corrected chi connectivity index (χ0v) is 23.5. The van der Waals surface area contributed by atoms with Crippen LogP contribution in [0.2, 0.25) is 0 Å². The summed E-state index contributed by atoms with van der Waals surface area (Å²) in [5.41, 5.74) is 1.10. The van der Waals surface area contributed by atoms with E-state index in [0.717, 1.165) is 22.2 Å². The Balaban J connectivity index is 1.55. The van der Waals surface area contributed by atoms with Gasteiger partial charge in [0.05, 0.1) is 27.9 Å². The zero-order valence-electron chi connectivity index (χ0n) is 22.7. The fraction of sp³-hybridized carbons (Fsp3) is 0.464. The molecule has 2 aromatic rings. The number of benzene rings is 1. The number of β-amino-alcohol motifs (C(OH)–C–C–N with tert-alkyl or cyclic N) is 1. The van der Waals surface area contributed by atoms with Gasteiger partial charge >= 0.3 is 5.97 Å². The summed E-state index contributed by atoms with van der Waals surface area (Å²) in [6.07, 6.45) is -0.0707. The number of carboxylic acid groups (broad SMARTS) is 1. The number of likely N-dealkylation sites (tertiary alicyclic amines) is 1. The van der Waals surface area contributed by atoms with Crippen LogP contribution in [0.15, 0.2) is 35.9 Å². The number of thiazole rings is 1. The summed E-state index contributed by atoms with van der Waals surface area (Å²) in [5, 5.41) is 25.0. The van der Waals surface area contributed by atoms with E-state index in [2.05, 4.69) is 15.6 Å². The van der Waals surface area contributed by atoms with Crippen molar-refractivity contribution in [2.75, 3.05) is 6.54 Å². The Bertz CT molecular complexity index is 1350. The quantitative estimate of drug-likeness (QED) is 0.355. The Morgan fingerprint density at radius 3 is 2.38 bits per heavy atom. The van der Waals surface area contributed by atoms with Gasteiger partial charge in [-0.25, -0.2) is 14.2 Å². The lowest BCUT2D eigenvalue weighted by molar-refractivity contribution is -0.144. The minimum absolute atomic E-state index is 0.00708. The molecule has 0 bridgehead atoms. The highest BCUT2D eigenvalue weighted by Gasteiger charge is 2.53. The van der Waals surface area contributed by atoms with Crippen LogP contribution in [0.1, 0.15) is 51.3 Å². The van der Waals surface area contributed by atoms with E-state index in [0.29, 0.717) is 5.56 Å². The van der Waals surface area contributed by atoms with Crippen molar-refractivity contribution in [2.45, 2.75) is 70.8 Å².